The summed E-state index contributed by atoms with van der Waals surface area (Å²) in [7, 11) is 0. The van der Waals surface area contributed by atoms with E-state index in [0.717, 1.165) is 19.3 Å². The van der Waals surface area contributed by atoms with Crippen molar-refractivity contribution in [3.63, 3.8) is 0 Å². The molecule has 0 radical (unpaired) electrons. The Morgan fingerprint density at radius 1 is 1.25 bits per heavy atom. The topological polar surface area (TPSA) is 63.3 Å². The molecule has 1 unspecified atom stereocenters. The number of hydrogen-bond donors (Lipinski definition) is 2. The number of halogens is 3. The number of rotatable bonds is 3. The monoisotopic (exact) mass is 239 g/mol. The first kappa shape index (κ1) is 13.3. The van der Waals surface area contributed by atoms with Crippen molar-refractivity contribution in [1.29, 1.82) is 0 Å². The number of nitrogens with two attached hydrogens (primary N) is 1. The highest BCUT2D eigenvalue weighted by Crippen LogP contribution is 2.40. The first-order valence-corrected chi connectivity index (χ1v) is 5.39. The summed E-state index contributed by atoms with van der Waals surface area (Å²) in [5.74, 6) is -4.13. The van der Waals surface area contributed by atoms with E-state index < -0.39 is 30.0 Å². The molecule has 1 rings (SSSR count). The fraction of sp³-hybridized carbons (Fsp3) is 0.900. The average molecular weight is 239 g/mol. The van der Waals surface area contributed by atoms with Gasteiger partial charge in [-0.2, -0.15) is 13.2 Å². The lowest BCUT2D eigenvalue weighted by molar-refractivity contribution is -0.202. The van der Waals surface area contributed by atoms with Crippen molar-refractivity contribution in [1.82, 2.24) is 0 Å². The second kappa shape index (κ2) is 5.03. The smallest absolute Gasteiger partial charge is 0.394 e. The highest BCUT2D eigenvalue weighted by Gasteiger charge is 2.50. The normalized spacial score (nSPS) is 22.8. The van der Waals surface area contributed by atoms with Crippen LogP contribution in [0.5, 0.6) is 0 Å². The van der Waals surface area contributed by atoms with Crippen LogP contribution in [-0.4, -0.2) is 23.3 Å². The van der Waals surface area contributed by atoms with Gasteiger partial charge in [-0.15, -0.1) is 0 Å². The predicted molar refractivity (Wildman–Crippen MR) is 51.7 cm³/mol. The Hall–Kier alpha value is -0.780. The van der Waals surface area contributed by atoms with Gasteiger partial charge in [-0.25, -0.2) is 0 Å². The molecular weight excluding hydrogens is 223 g/mol. The third-order valence-corrected chi connectivity index (χ3v) is 3.21. The molecule has 0 aromatic carbocycles. The Morgan fingerprint density at radius 3 is 2.12 bits per heavy atom. The summed E-state index contributed by atoms with van der Waals surface area (Å²) in [6.07, 6.45) is -1.31. The summed E-state index contributed by atoms with van der Waals surface area (Å²) < 4.78 is 38.3. The molecule has 3 nitrogen and oxygen atoms in total. The molecule has 16 heavy (non-hydrogen) atoms. The molecule has 0 aromatic rings. The van der Waals surface area contributed by atoms with Crippen LogP contribution in [0.15, 0.2) is 0 Å². The van der Waals surface area contributed by atoms with E-state index in [1.165, 1.54) is 0 Å². The van der Waals surface area contributed by atoms with Crippen molar-refractivity contribution in [2.45, 2.75) is 44.3 Å². The zero-order valence-corrected chi connectivity index (χ0v) is 8.83. The fourth-order valence-corrected chi connectivity index (χ4v) is 2.41. The molecule has 0 saturated heterocycles. The van der Waals surface area contributed by atoms with Crippen LogP contribution < -0.4 is 5.73 Å². The minimum atomic E-state index is -4.53. The zero-order chi connectivity index (χ0) is 12.3. The van der Waals surface area contributed by atoms with Crippen LogP contribution in [0.4, 0.5) is 13.2 Å². The number of carboxylic acids is 1. The Morgan fingerprint density at radius 2 is 1.75 bits per heavy atom. The van der Waals surface area contributed by atoms with Crippen LogP contribution in [-0.2, 0) is 4.79 Å². The molecule has 0 heterocycles. The van der Waals surface area contributed by atoms with Crippen LogP contribution in [0.25, 0.3) is 0 Å². The maximum atomic E-state index is 12.8. The van der Waals surface area contributed by atoms with Gasteiger partial charge in [0.25, 0.3) is 0 Å². The van der Waals surface area contributed by atoms with Gasteiger partial charge in [-0.1, -0.05) is 19.3 Å². The first-order valence-electron chi connectivity index (χ1n) is 5.39. The number of aliphatic carboxylic acids is 1. The molecule has 0 aromatic heterocycles. The summed E-state index contributed by atoms with van der Waals surface area (Å²) in [5.41, 5.74) is 5.16. The van der Waals surface area contributed by atoms with Crippen molar-refractivity contribution >= 4 is 5.97 Å². The molecule has 94 valence electrons. The first-order chi connectivity index (χ1) is 7.34. The molecule has 0 aliphatic heterocycles. The summed E-state index contributed by atoms with van der Waals surface area (Å²) in [6.45, 7) is 0. The summed E-state index contributed by atoms with van der Waals surface area (Å²) >= 11 is 0. The van der Waals surface area contributed by atoms with Crippen molar-refractivity contribution in [2.24, 2.45) is 17.6 Å². The number of carbonyl (C=O) groups is 1. The van der Waals surface area contributed by atoms with E-state index in [0.29, 0.717) is 12.8 Å². The van der Waals surface area contributed by atoms with E-state index >= 15 is 0 Å². The van der Waals surface area contributed by atoms with Gasteiger partial charge in [0.2, 0.25) is 0 Å². The highest BCUT2D eigenvalue weighted by molar-refractivity contribution is 5.73. The summed E-state index contributed by atoms with van der Waals surface area (Å²) in [6, 6.07) is -1.84. The molecule has 1 fully saturated rings. The molecule has 3 N–H and O–H groups in total. The standard InChI is InChI=1S/C10H16F3NO2/c11-10(12,13)7(8(14)9(15)16)6-4-2-1-3-5-6/h6-8H,1-5,14H2,(H,15,16)/t7?,8-/m1/s1. The van der Waals surface area contributed by atoms with Crippen LogP contribution in [0.3, 0.4) is 0 Å². The fourth-order valence-electron chi connectivity index (χ4n) is 2.41. The lowest BCUT2D eigenvalue weighted by Crippen LogP contribution is -2.49. The molecule has 2 atom stereocenters. The lowest BCUT2D eigenvalue weighted by atomic mass is 9.76. The number of hydrogen-bond acceptors (Lipinski definition) is 2. The molecule has 0 bridgehead atoms. The van der Waals surface area contributed by atoms with E-state index in [-0.39, 0.29) is 0 Å². The zero-order valence-electron chi connectivity index (χ0n) is 8.83. The van der Waals surface area contributed by atoms with Gasteiger partial charge in [0.1, 0.15) is 6.04 Å². The van der Waals surface area contributed by atoms with Gasteiger partial charge in [-0.3, -0.25) is 4.79 Å². The largest absolute Gasteiger partial charge is 0.480 e. The Bertz CT molecular complexity index is 249. The Balaban J connectivity index is 2.81. The molecule has 1 aliphatic rings. The summed E-state index contributed by atoms with van der Waals surface area (Å²) in [5, 5.41) is 8.62. The maximum absolute atomic E-state index is 12.8. The van der Waals surface area contributed by atoms with Crippen LogP contribution >= 0.6 is 0 Å². The van der Waals surface area contributed by atoms with Gasteiger partial charge < -0.3 is 10.8 Å². The Kier molecular flexibility index (Phi) is 4.18. The van der Waals surface area contributed by atoms with Crippen molar-refractivity contribution in [2.75, 3.05) is 0 Å². The molecular formula is C10H16F3NO2. The average Bonchev–Trinajstić information content (AvgIpc) is 2.17. The Labute approximate surface area is 91.8 Å². The third kappa shape index (κ3) is 3.10. The molecule has 6 heteroatoms. The number of alkyl halides is 3. The molecule has 1 aliphatic carbocycles. The van der Waals surface area contributed by atoms with E-state index in [4.69, 9.17) is 10.8 Å². The quantitative estimate of drug-likeness (QED) is 0.793. The second-order valence-corrected chi connectivity index (χ2v) is 4.33. The van der Waals surface area contributed by atoms with Crippen LogP contribution in [0, 0.1) is 11.8 Å². The van der Waals surface area contributed by atoms with Crippen molar-refractivity contribution < 1.29 is 23.1 Å². The van der Waals surface area contributed by atoms with Gasteiger partial charge in [-0.05, 0) is 18.8 Å². The van der Waals surface area contributed by atoms with E-state index in [9.17, 15) is 18.0 Å². The van der Waals surface area contributed by atoms with Gasteiger partial charge >= 0.3 is 12.1 Å². The lowest BCUT2D eigenvalue weighted by Gasteiger charge is -2.33. The van der Waals surface area contributed by atoms with Crippen LogP contribution in [0.2, 0.25) is 0 Å². The highest BCUT2D eigenvalue weighted by atomic mass is 19.4. The second-order valence-electron chi connectivity index (χ2n) is 4.33. The molecule has 1 saturated carbocycles. The van der Waals surface area contributed by atoms with Crippen molar-refractivity contribution in [3.8, 4) is 0 Å². The maximum Gasteiger partial charge on any atom is 0.394 e. The SMILES string of the molecule is N[C@@H](C(=O)O)C(C1CCCCC1)C(F)(F)F. The van der Waals surface area contributed by atoms with Crippen LogP contribution in [0.1, 0.15) is 32.1 Å². The predicted octanol–water partition coefficient (Wildman–Crippen LogP) is 2.16. The van der Waals surface area contributed by atoms with E-state index in [2.05, 4.69) is 0 Å². The minimum absolute atomic E-state index is 0.422. The summed E-state index contributed by atoms with van der Waals surface area (Å²) in [4.78, 5) is 10.6. The van der Waals surface area contributed by atoms with Gasteiger partial charge in [0.05, 0.1) is 5.92 Å². The third-order valence-electron chi connectivity index (χ3n) is 3.21. The minimum Gasteiger partial charge on any atom is -0.480 e. The van der Waals surface area contributed by atoms with E-state index in [1.54, 1.807) is 0 Å². The van der Waals surface area contributed by atoms with Crippen molar-refractivity contribution in [3.05, 3.63) is 0 Å². The van der Waals surface area contributed by atoms with E-state index in [1.807, 2.05) is 0 Å². The van der Waals surface area contributed by atoms with Gasteiger partial charge in [0, 0.05) is 0 Å². The molecule has 0 amide bonds. The molecule has 0 spiro atoms. The number of carboxylic acid groups (broad SMARTS) is 1. The van der Waals surface area contributed by atoms with Gasteiger partial charge in [0.15, 0.2) is 0 Å².